The Morgan fingerprint density at radius 2 is 2.12 bits per heavy atom. The van der Waals surface area contributed by atoms with Crippen LogP contribution in [0.15, 0.2) is 42.7 Å². The van der Waals surface area contributed by atoms with Gasteiger partial charge in [0, 0.05) is 36.7 Å². The van der Waals surface area contributed by atoms with Crippen molar-refractivity contribution < 1.29 is 0 Å². The molecule has 0 amide bonds. The van der Waals surface area contributed by atoms with Gasteiger partial charge in [-0.1, -0.05) is 6.07 Å². The molecule has 0 bridgehead atoms. The van der Waals surface area contributed by atoms with E-state index in [-0.39, 0.29) is 0 Å². The summed E-state index contributed by atoms with van der Waals surface area (Å²) in [6.07, 6.45) is 3.73. The number of nitrogens with one attached hydrogen (secondary N) is 3. The van der Waals surface area contributed by atoms with Crippen LogP contribution in [0.5, 0.6) is 0 Å². The van der Waals surface area contributed by atoms with E-state index in [1.54, 1.807) is 6.20 Å². The standard InChI is InChI=1S/C13H14N4/c1-2-13-11(3-5-15-13)7-10(1)8-14-9-12-4-6-16-17-12/h1-7,14-15H,8-9H2,(H,16,17). The summed E-state index contributed by atoms with van der Waals surface area (Å²) >= 11 is 0. The molecule has 3 rings (SSSR count). The zero-order chi connectivity index (χ0) is 11.5. The molecule has 0 saturated heterocycles. The largest absolute Gasteiger partial charge is 0.361 e. The molecule has 0 aliphatic rings. The summed E-state index contributed by atoms with van der Waals surface area (Å²) in [7, 11) is 0. The van der Waals surface area contributed by atoms with Gasteiger partial charge in [0.25, 0.3) is 0 Å². The van der Waals surface area contributed by atoms with Crippen LogP contribution in [0.1, 0.15) is 11.3 Å². The van der Waals surface area contributed by atoms with Crippen molar-refractivity contribution in [3.63, 3.8) is 0 Å². The van der Waals surface area contributed by atoms with Crippen LogP contribution in [0.25, 0.3) is 10.9 Å². The van der Waals surface area contributed by atoms with Crippen LogP contribution in [-0.2, 0) is 13.1 Å². The van der Waals surface area contributed by atoms with Gasteiger partial charge in [-0.05, 0) is 35.2 Å². The summed E-state index contributed by atoms with van der Waals surface area (Å²) in [5.41, 5.74) is 3.58. The maximum Gasteiger partial charge on any atom is 0.0490 e. The molecule has 86 valence electrons. The first kappa shape index (κ1) is 10.1. The van der Waals surface area contributed by atoms with Crippen molar-refractivity contribution in [3.8, 4) is 0 Å². The van der Waals surface area contributed by atoms with Crippen LogP contribution in [0.2, 0.25) is 0 Å². The zero-order valence-electron chi connectivity index (χ0n) is 9.40. The number of hydrogen-bond donors (Lipinski definition) is 3. The summed E-state index contributed by atoms with van der Waals surface area (Å²) in [6, 6.07) is 10.5. The minimum atomic E-state index is 0.811. The van der Waals surface area contributed by atoms with Gasteiger partial charge in [0.1, 0.15) is 0 Å². The Morgan fingerprint density at radius 3 is 3.00 bits per heavy atom. The molecule has 3 N–H and O–H groups in total. The lowest BCUT2D eigenvalue weighted by atomic mass is 10.1. The second-order valence-electron chi connectivity index (χ2n) is 4.08. The van der Waals surface area contributed by atoms with E-state index in [0.717, 1.165) is 18.8 Å². The molecular weight excluding hydrogens is 212 g/mol. The minimum Gasteiger partial charge on any atom is -0.361 e. The fourth-order valence-electron chi connectivity index (χ4n) is 1.94. The first-order chi connectivity index (χ1) is 8.42. The molecular formula is C13H14N4. The van der Waals surface area contributed by atoms with E-state index in [1.807, 2.05) is 12.3 Å². The van der Waals surface area contributed by atoms with Crippen LogP contribution in [0.4, 0.5) is 0 Å². The average molecular weight is 226 g/mol. The van der Waals surface area contributed by atoms with E-state index >= 15 is 0 Å². The topological polar surface area (TPSA) is 56.5 Å². The van der Waals surface area contributed by atoms with Gasteiger partial charge in [0.2, 0.25) is 0 Å². The minimum absolute atomic E-state index is 0.811. The third-order valence-electron chi connectivity index (χ3n) is 2.82. The van der Waals surface area contributed by atoms with Gasteiger partial charge >= 0.3 is 0 Å². The number of H-pyrrole nitrogens is 2. The van der Waals surface area contributed by atoms with Gasteiger partial charge in [-0.3, -0.25) is 5.10 Å². The van der Waals surface area contributed by atoms with Crippen LogP contribution in [-0.4, -0.2) is 15.2 Å². The van der Waals surface area contributed by atoms with E-state index in [9.17, 15) is 0 Å². The van der Waals surface area contributed by atoms with E-state index in [4.69, 9.17) is 0 Å². The fraction of sp³-hybridized carbons (Fsp3) is 0.154. The summed E-state index contributed by atoms with van der Waals surface area (Å²) in [4.78, 5) is 3.19. The summed E-state index contributed by atoms with van der Waals surface area (Å²) in [5.74, 6) is 0. The number of benzene rings is 1. The molecule has 0 spiro atoms. The summed E-state index contributed by atoms with van der Waals surface area (Å²) in [5, 5.41) is 11.5. The number of nitrogens with zero attached hydrogens (tertiary/aromatic N) is 1. The molecule has 0 saturated carbocycles. The number of aromatic nitrogens is 3. The second kappa shape index (κ2) is 4.43. The van der Waals surface area contributed by atoms with Gasteiger partial charge in [-0.2, -0.15) is 5.10 Å². The third-order valence-corrected chi connectivity index (χ3v) is 2.82. The lowest BCUT2D eigenvalue weighted by Gasteiger charge is -2.03. The van der Waals surface area contributed by atoms with E-state index in [0.29, 0.717) is 0 Å². The first-order valence-corrected chi connectivity index (χ1v) is 5.67. The molecule has 0 unspecified atom stereocenters. The van der Waals surface area contributed by atoms with Crippen molar-refractivity contribution >= 4 is 10.9 Å². The predicted molar refractivity (Wildman–Crippen MR) is 67.4 cm³/mol. The maximum absolute atomic E-state index is 3.91. The van der Waals surface area contributed by atoms with Gasteiger partial charge in [-0.15, -0.1) is 0 Å². The molecule has 4 nitrogen and oxygen atoms in total. The fourth-order valence-corrected chi connectivity index (χ4v) is 1.94. The number of fused-ring (bicyclic) bond motifs is 1. The van der Waals surface area contributed by atoms with Crippen molar-refractivity contribution in [3.05, 3.63) is 54.0 Å². The second-order valence-corrected chi connectivity index (χ2v) is 4.08. The number of hydrogen-bond acceptors (Lipinski definition) is 2. The average Bonchev–Trinajstić information content (AvgIpc) is 2.98. The Labute approximate surface area is 99.1 Å². The Hall–Kier alpha value is -2.07. The predicted octanol–water partition coefficient (Wildman–Crippen LogP) is 2.18. The first-order valence-electron chi connectivity index (χ1n) is 5.67. The third kappa shape index (κ3) is 2.21. The quantitative estimate of drug-likeness (QED) is 0.638. The Morgan fingerprint density at radius 1 is 1.12 bits per heavy atom. The molecule has 3 aromatic rings. The summed E-state index contributed by atoms with van der Waals surface area (Å²) < 4.78 is 0. The van der Waals surface area contributed by atoms with Crippen molar-refractivity contribution in [2.24, 2.45) is 0 Å². The smallest absolute Gasteiger partial charge is 0.0490 e. The van der Waals surface area contributed by atoms with Crippen molar-refractivity contribution in [2.45, 2.75) is 13.1 Å². The van der Waals surface area contributed by atoms with Gasteiger partial charge < -0.3 is 10.3 Å². The molecule has 2 heterocycles. The lowest BCUT2D eigenvalue weighted by Crippen LogP contribution is -2.12. The number of aromatic amines is 2. The number of rotatable bonds is 4. The van der Waals surface area contributed by atoms with Crippen LogP contribution < -0.4 is 5.32 Å². The zero-order valence-corrected chi connectivity index (χ0v) is 9.40. The van der Waals surface area contributed by atoms with E-state index in [2.05, 4.69) is 44.8 Å². The van der Waals surface area contributed by atoms with E-state index in [1.165, 1.54) is 16.5 Å². The SMILES string of the molecule is c1cc(CNCc2ccc3[nH]ccc3c2)[nH]n1. The van der Waals surface area contributed by atoms with Crippen molar-refractivity contribution in [1.82, 2.24) is 20.5 Å². The van der Waals surface area contributed by atoms with E-state index < -0.39 is 0 Å². The molecule has 0 aliphatic heterocycles. The van der Waals surface area contributed by atoms with Gasteiger partial charge in [0.15, 0.2) is 0 Å². The van der Waals surface area contributed by atoms with Crippen LogP contribution in [0.3, 0.4) is 0 Å². The molecule has 0 atom stereocenters. The van der Waals surface area contributed by atoms with Crippen LogP contribution >= 0.6 is 0 Å². The summed E-state index contributed by atoms with van der Waals surface area (Å²) in [6.45, 7) is 1.67. The highest BCUT2D eigenvalue weighted by molar-refractivity contribution is 5.79. The van der Waals surface area contributed by atoms with Gasteiger partial charge in [-0.25, -0.2) is 0 Å². The van der Waals surface area contributed by atoms with Crippen molar-refractivity contribution in [2.75, 3.05) is 0 Å². The highest BCUT2D eigenvalue weighted by Crippen LogP contribution is 2.14. The van der Waals surface area contributed by atoms with Crippen molar-refractivity contribution in [1.29, 1.82) is 0 Å². The Bertz CT molecular complexity index is 595. The molecule has 0 fully saturated rings. The molecule has 0 aliphatic carbocycles. The highest BCUT2D eigenvalue weighted by Gasteiger charge is 1.98. The van der Waals surface area contributed by atoms with Gasteiger partial charge in [0.05, 0.1) is 0 Å². The highest BCUT2D eigenvalue weighted by atomic mass is 15.1. The monoisotopic (exact) mass is 226 g/mol. The van der Waals surface area contributed by atoms with Crippen LogP contribution in [0, 0.1) is 0 Å². The molecule has 1 aromatic carbocycles. The Balaban J connectivity index is 1.64. The molecule has 4 heteroatoms. The maximum atomic E-state index is 3.91. The molecule has 17 heavy (non-hydrogen) atoms. The Kier molecular flexibility index (Phi) is 2.63. The normalized spacial score (nSPS) is 11.1. The molecule has 2 aromatic heterocycles. The molecule has 0 radical (unpaired) electrons. The lowest BCUT2D eigenvalue weighted by molar-refractivity contribution is 0.678.